The first-order valence-corrected chi connectivity index (χ1v) is 8.06. The molecule has 4 aromatic rings. The minimum absolute atomic E-state index is 0.465. The zero-order valence-corrected chi connectivity index (χ0v) is 13.4. The highest BCUT2D eigenvalue weighted by molar-refractivity contribution is 7.98. The van der Waals surface area contributed by atoms with Crippen LogP contribution in [0.15, 0.2) is 48.8 Å². The molecule has 0 saturated carbocycles. The van der Waals surface area contributed by atoms with Gasteiger partial charge in [0.15, 0.2) is 5.58 Å². The van der Waals surface area contributed by atoms with Gasteiger partial charge in [0.2, 0.25) is 5.89 Å². The van der Waals surface area contributed by atoms with Gasteiger partial charge in [-0.05, 0) is 32.0 Å². The second-order valence-electron chi connectivity index (χ2n) is 5.06. The Labute approximate surface area is 135 Å². The Balaban J connectivity index is 1.50. The van der Waals surface area contributed by atoms with Crippen molar-refractivity contribution in [3.8, 4) is 11.5 Å². The summed E-state index contributed by atoms with van der Waals surface area (Å²) in [5, 5.41) is 8.72. The molecule has 0 aliphatic carbocycles. The van der Waals surface area contributed by atoms with Gasteiger partial charge in [-0.3, -0.25) is 0 Å². The molecule has 0 spiro atoms. The molecule has 0 aliphatic heterocycles. The fraction of sp³-hybridized carbons (Fsp3) is 0.188. The van der Waals surface area contributed by atoms with E-state index in [-0.39, 0.29) is 0 Å². The number of fused-ring (bicyclic) bond motifs is 1. The van der Waals surface area contributed by atoms with Crippen LogP contribution in [0.4, 0.5) is 0 Å². The lowest BCUT2D eigenvalue weighted by Gasteiger charge is -1.91. The summed E-state index contributed by atoms with van der Waals surface area (Å²) < 4.78 is 16.8. The third kappa shape index (κ3) is 2.75. The predicted octanol–water partition coefficient (Wildman–Crippen LogP) is 4.38. The van der Waals surface area contributed by atoms with Gasteiger partial charge in [0.25, 0.3) is 11.1 Å². The van der Waals surface area contributed by atoms with Gasteiger partial charge < -0.3 is 13.3 Å². The molecule has 0 radical (unpaired) electrons. The van der Waals surface area contributed by atoms with Crippen LogP contribution in [0.1, 0.15) is 17.4 Å². The second-order valence-corrected chi connectivity index (χ2v) is 5.99. The van der Waals surface area contributed by atoms with Crippen LogP contribution in [0, 0.1) is 13.8 Å². The highest BCUT2D eigenvalue weighted by Crippen LogP contribution is 2.28. The van der Waals surface area contributed by atoms with Crippen LogP contribution in [0.5, 0.6) is 0 Å². The molecule has 3 heterocycles. The SMILES string of the molecule is Cc1cc(-c2nnc(CSc3nc4ccccc4o3)o2)c(C)o1. The second kappa shape index (κ2) is 5.58. The molecule has 23 heavy (non-hydrogen) atoms. The van der Waals surface area contributed by atoms with E-state index in [4.69, 9.17) is 13.3 Å². The van der Waals surface area contributed by atoms with Gasteiger partial charge in [0.1, 0.15) is 17.0 Å². The average Bonchev–Trinajstić information content (AvgIpc) is 3.22. The Hall–Kier alpha value is -2.54. The molecular weight excluding hydrogens is 314 g/mol. The summed E-state index contributed by atoms with van der Waals surface area (Å²) in [4.78, 5) is 4.40. The molecule has 0 aliphatic rings. The maximum absolute atomic E-state index is 5.69. The van der Waals surface area contributed by atoms with E-state index in [1.807, 2.05) is 44.2 Å². The highest BCUT2D eigenvalue weighted by Gasteiger charge is 2.15. The van der Waals surface area contributed by atoms with Gasteiger partial charge in [0, 0.05) is 0 Å². The zero-order chi connectivity index (χ0) is 15.8. The fourth-order valence-corrected chi connectivity index (χ4v) is 2.98. The van der Waals surface area contributed by atoms with Gasteiger partial charge in [-0.25, -0.2) is 4.98 Å². The summed E-state index contributed by atoms with van der Waals surface area (Å²) in [6, 6.07) is 9.54. The van der Waals surface area contributed by atoms with Gasteiger partial charge in [0.05, 0.1) is 11.3 Å². The Kier molecular flexibility index (Phi) is 3.42. The molecule has 4 rings (SSSR count). The van der Waals surface area contributed by atoms with Crippen molar-refractivity contribution < 1.29 is 13.3 Å². The van der Waals surface area contributed by atoms with Crippen molar-refractivity contribution in [2.24, 2.45) is 0 Å². The molecule has 0 atom stereocenters. The van der Waals surface area contributed by atoms with Gasteiger partial charge in [-0.1, -0.05) is 23.9 Å². The smallest absolute Gasteiger partial charge is 0.257 e. The molecule has 116 valence electrons. The number of benzene rings is 1. The van der Waals surface area contributed by atoms with Crippen LogP contribution in [0.25, 0.3) is 22.6 Å². The van der Waals surface area contributed by atoms with Crippen LogP contribution < -0.4 is 0 Å². The fourth-order valence-electron chi connectivity index (χ4n) is 2.30. The number of nitrogens with zero attached hydrogens (tertiary/aromatic N) is 3. The first-order chi connectivity index (χ1) is 11.2. The van der Waals surface area contributed by atoms with Crippen LogP contribution in [0.2, 0.25) is 0 Å². The quantitative estimate of drug-likeness (QED) is 0.515. The molecule has 0 N–H and O–H groups in total. The van der Waals surface area contributed by atoms with E-state index in [2.05, 4.69) is 15.2 Å². The number of aryl methyl sites for hydroxylation is 2. The molecule has 1 aromatic carbocycles. The summed E-state index contributed by atoms with van der Waals surface area (Å²) in [5.74, 6) is 3.07. The third-order valence-corrected chi connectivity index (χ3v) is 4.14. The Bertz CT molecular complexity index is 937. The number of rotatable bonds is 4. The number of aromatic nitrogens is 3. The van der Waals surface area contributed by atoms with Gasteiger partial charge >= 0.3 is 0 Å². The minimum atomic E-state index is 0.465. The maximum Gasteiger partial charge on any atom is 0.257 e. The lowest BCUT2D eigenvalue weighted by atomic mass is 10.2. The van der Waals surface area contributed by atoms with Crippen LogP contribution in [-0.2, 0) is 5.75 Å². The molecule has 0 amide bonds. The minimum Gasteiger partial charge on any atom is -0.466 e. The summed E-state index contributed by atoms with van der Waals surface area (Å²) in [6.07, 6.45) is 0. The maximum atomic E-state index is 5.69. The Morgan fingerprint density at radius 1 is 1.04 bits per heavy atom. The first kappa shape index (κ1) is 14.1. The van der Waals surface area contributed by atoms with E-state index in [1.165, 1.54) is 11.8 Å². The number of para-hydroxylation sites is 2. The zero-order valence-electron chi connectivity index (χ0n) is 12.6. The molecular formula is C16H13N3O3S. The molecule has 0 fully saturated rings. The predicted molar refractivity (Wildman–Crippen MR) is 85.0 cm³/mol. The van der Waals surface area contributed by atoms with Gasteiger partial charge in [-0.2, -0.15) is 0 Å². The number of hydrogen-bond acceptors (Lipinski definition) is 7. The van der Waals surface area contributed by atoms with Crippen LogP contribution in [0.3, 0.4) is 0 Å². The number of thioether (sulfide) groups is 1. The Morgan fingerprint density at radius 2 is 1.91 bits per heavy atom. The molecule has 6 nitrogen and oxygen atoms in total. The van der Waals surface area contributed by atoms with E-state index in [9.17, 15) is 0 Å². The number of hydrogen-bond donors (Lipinski definition) is 0. The lowest BCUT2D eigenvalue weighted by molar-refractivity contribution is 0.486. The van der Waals surface area contributed by atoms with Crippen molar-refractivity contribution in [2.75, 3.05) is 0 Å². The highest BCUT2D eigenvalue weighted by atomic mass is 32.2. The average molecular weight is 327 g/mol. The largest absolute Gasteiger partial charge is 0.466 e. The lowest BCUT2D eigenvalue weighted by Crippen LogP contribution is -1.80. The van der Waals surface area contributed by atoms with E-state index in [1.54, 1.807) is 0 Å². The molecule has 7 heteroatoms. The summed E-state index contributed by atoms with van der Waals surface area (Å²) in [6.45, 7) is 3.76. The van der Waals surface area contributed by atoms with Crippen LogP contribution in [-0.4, -0.2) is 15.2 Å². The van der Waals surface area contributed by atoms with Crippen molar-refractivity contribution in [2.45, 2.75) is 24.8 Å². The third-order valence-electron chi connectivity index (χ3n) is 3.33. The van der Waals surface area contributed by atoms with Crippen molar-refractivity contribution in [3.63, 3.8) is 0 Å². The van der Waals surface area contributed by atoms with E-state index in [0.29, 0.717) is 22.8 Å². The van der Waals surface area contributed by atoms with E-state index < -0.39 is 0 Å². The van der Waals surface area contributed by atoms with Gasteiger partial charge in [-0.15, -0.1) is 10.2 Å². The summed E-state index contributed by atoms with van der Waals surface area (Å²) >= 11 is 1.42. The summed E-state index contributed by atoms with van der Waals surface area (Å²) in [5.41, 5.74) is 2.43. The normalized spacial score (nSPS) is 11.4. The number of furan rings is 1. The molecule has 3 aromatic heterocycles. The number of oxazole rings is 1. The van der Waals surface area contributed by atoms with E-state index >= 15 is 0 Å². The van der Waals surface area contributed by atoms with Crippen molar-refractivity contribution >= 4 is 22.9 Å². The standard InChI is InChI=1S/C16H13N3O3S/c1-9-7-11(10(2)20-9)15-19-18-14(22-15)8-23-16-17-12-5-3-4-6-13(12)21-16/h3-7H,8H2,1-2H3. The first-order valence-electron chi connectivity index (χ1n) is 7.07. The van der Waals surface area contributed by atoms with Crippen molar-refractivity contribution in [1.29, 1.82) is 0 Å². The molecule has 0 bridgehead atoms. The molecule has 0 unspecified atom stereocenters. The van der Waals surface area contributed by atoms with Crippen molar-refractivity contribution in [3.05, 3.63) is 47.7 Å². The molecule has 0 saturated heterocycles. The van der Waals surface area contributed by atoms with Crippen molar-refractivity contribution in [1.82, 2.24) is 15.2 Å². The summed E-state index contributed by atoms with van der Waals surface area (Å²) in [7, 11) is 0. The topological polar surface area (TPSA) is 78.1 Å². The Morgan fingerprint density at radius 3 is 2.70 bits per heavy atom. The van der Waals surface area contributed by atoms with E-state index in [0.717, 1.165) is 28.2 Å². The van der Waals surface area contributed by atoms with Crippen LogP contribution >= 0.6 is 11.8 Å². The monoisotopic (exact) mass is 327 g/mol.